The highest BCUT2D eigenvalue weighted by atomic mass is 32.2. The molecule has 2 N–H and O–H groups in total. The average Bonchev–Trinajstić information content (AvgIpc) is 2.97. The molecule has 0 aliphatic carbocycles. The molecule has 0 unspecified atom stereocenters. The molecule has 0 spiro atoms. The maximum Gasteiger partial charge on any atom is 0.224 e. The fourth-order valence-electron chi connectivity index (χ4n) is 2.73. The van der Waals surface area contributed by atoms with Crippen LogP contribution in [0.15, 0.2) is 29.2 Å². The highest BCUT2D eigenvalue weighted by Crippen LogP contribution is 2.24. The van der Waals surface area contributed by atoms with E-state index in [2.05, 4.69) is 22.6 Å². The number of benzene rings is 1. The van der Waals surface area contributed by atoms with Crippen molar-refractivity contribution in [3.8, 4) is 0 Å². The predicted molar refractivity (Wildman–Crippen MR) is 94.7 cm³/mol. The van der Waals surface area contributed by atoms with E-state index < -0.39 is 0 Å². The van der Waals surface area contributed by atoms with Gasteiger partial charge in [-0.1, -0.05) is 12.1 Å². The first-order valence-corrected chi connectivity index (χ1v) is 9.19. The van der Waals surface area contributed by atoms with E-state index in [9.17, 15) is 9.59 Å². The molecular formula is C17H25N3O2S. The van der Waals surface area contributed by atoms with Gasteiger partial charge in [0.05, 0.1) is 5.69 Å². The van der Waals surface area contributed by atoms with Gasteiger partial charge in [-0.05, 0) is 44.3 Å². The number of carbonyl (C=O) groups is 2. The van der Waals surface area contributed by atoms with Crippen molar-refractivity contribution in [3.05, 3.63) is 24.3 Å². The van der Waals surface area contributed by atoms with Gasteiger partial charge in [-0.3, -0.25) is 9.59 Å². The molecule has 2 amide bonds. The molecule has 23 heavy (non-hydrogen) atoms. The van der Waals surface area contributed by atoms with E-state index in [0.29, 0.717) is 12.5 Å². The van der Waals surface area contributed by atoms with Crippen molar-refractivity contribution < 1.29 is 9.59 Å². The number of nitrogens with zero attached hydrogens (tertiary/aromatic N) is 1. The number of para-hydroxylation sites is 1. The van der Waals surface area contributed by atoms with Crippen LogP contribution in [0.2, 0.25) is 0 Å². The molecule has 126 valence electrons. The second kappa shape index (κ2) is 8.93. The fraction of sp³-hybridized carbons (Fsp3) is 0.529. The van der Waals surface area contributed by atoms with Crippen molar-refractivity contribution in [2.24, 2.45) is 5.92 Å². The minimum Gasteiger partial charge on any atom is -0.356 e. The van der Waals surface area contributed by atoms with Gasteiger partial charge in [-0.2, -0.15) is 0 Å². The molecule has 5 nitrogen and oxygen atoms in total. The van der Waals surface area contributed by atoms with E-state index in [1.165, 1.54) is 0 Å². The molecule has 2 rings (SSSR count). The minimum absolute atomic E-state index is 0.0483. The van der Waals surface area contributed by atoms with Gasteiger partial charge in [-0.25, -0.2) is 0 Å². The lowest BCUT2D eigenvalue weighted by Crippen LogP contribution is -2.31. The zero-order chi connectivity index (χ0) is 16.7. The number of rotatable bonds is 7. The Kier molecular flexibility index (Phi) is 6.92. The number of carbonyl (C=O) groups excluding carboxylic acids is 2. The van der Waals surface area contributed by atoms with Gasteiger partial charge in [0.1, 0.15) is 0 Å². The van der Waals surface area contributed by atoms with Gasteiger partial charge in [0.15, 0.2) is 0 Å². The summed E-state index contributed by atoms with van der Waals surface area (Å²) in [5, 5.41) is 5.81. The molecule has 1 aromatic carbocycles. The number of anilines is 1. The molecule has 0 saturated carbocycles. The van der Waals surface area contributed by atoms with Crippen LogP contribution in [-0.4, -0.2) is 49.7 Å². The smallest absolute Gasteiger partial charge is 0.224 e. The van der Waals surface area contributed by atoms with Crippen LogP contribution in [0.4, 0.5) is 5.69 Å². The lowest BCUT2D eigenvalue weighted by Gasteiger charge is -2.12. The number of thioether (sulfide) groups is 1. The molecule has 0 radical (unpaired) electrons. The van der Waals surface area contributed by atoms with Gasteiger partial charge in [0, 0.05) is 30.8 Å². The fourth-order valence-corrected chi connectivity index (χ4v) is 3.28. The van der Waals surface area contributed by atoms with Crippen molar-refractivity contribution in [1.82, 2.24) is 10.2 Å². The summed E-state index contributed by atoms with van der Waals surface area (Å²) >= 11 is 1.59. The third kappa shape index (κ3) is 5.88. The molecule has 1 fully saturated rings. The molecule has 1 atom stereocenters. The summed E-state index contributed by atoms with van der Waals surface area (Å²) in [6.45, 7) is 2.84. The first-order chi connectivity index (χ1) is 11.1. The van der Waals surface area contributed by atoms with E-state index in [4.69, 9.17) is 0 Å². The molecular weight excluding hydrogens is 310 g/mol. The van der Waals surface area contributed by atoms with Crippen LogP contribution < -0.4 is 10.6 Å². The third-order valence-electron chi connectivity index (χ3n) is 4.04. The lowest BCUT2D eigenvalue weighted by atomic mass is 10.1. The van der Waals surface area contributed by atoms with Gasteiger partial charge < -0.3 is 15.5 Å². The Morgan fingerprint density at radius 3 is 2.70 bits per heavy atom. The zero-order valence-corrected chi connectivity index (χ0v) is 14.6. The van der Waals surface area contributed by atoms with Crippen LogP contribution in [0.1, 0.15) is 19.3 Å². The van der Waals surface area contributed by atoms with Gasteiger partial charge >= 0.3 is 0 Å². The molecule has 1 aliphatic rings. The van der Waals surface area contributed by atoms with Crippen LogP contribution in [0.25, 0.3) is 0 Å². The van der Waals surface area contributed by atoms with Crippen LogP contribution in [-0.2, 0) is 9.59 Å². The van der Waals surface area contributed by atoms with E-state index in [-0.39, 0.29) is 24.7 Å². The first-order valence-electron chi connectivity index (χ1n) is 7.96. The number of amides is 2. The topological polar surface area (TPSA) is 61.4 Å². The molecule has 1 heterocycles. The number of hydrogen-bond acceptors (Lipinski definition) is 4. The highest BCUT2D eigenvalue weighted by molar-refractivity contribution is 7.98. The summed E-state index contributed by atoms with van der Waals surface area (Å²) < 4.78 is 0. The monoisotopic (exact) mass is 335 g/mol. The van der Waals surface area contributed by atoms with E-state index >= 15 is 0 Å². The Hall–Kier alpha value is -1.53. The summed E-state index contributed by atoms with van der Waals surface area (Å²) in [6, 6.07) is 7.67. The Labute approximate surface area is 142 Å². The maximum absolute atomic E-state index is 12.0. The van der Waals surface area contributed by atoms with Crippen molar-refractivity contribution in [2.45, 2.75) is 24.2 Å². The number of likely N-dealkylation sites (tertiary alicyclic amines) is 1. The number of nitrogens with one attached hydrogen (secondary N) is 2. The van der Waals surface area contributed by atoms with Crippen molar-refractivity contribution in [1.29, 1.82) is 0 Å². The van der Waals surface area contributed by atoms with Crippen molar-refractivity contribution in [2.75, 3.05) is 38.3 Å². The standard InChI is InChI=1S/C17H25N3O2S/c1-20-10-9-13(12-20)11-18-16(21)7-8-17(22)19-14-5-3-4-6-15(14)23-2/h3-6,13H,7-12H2,1-2H3,(H,18,21)(H,19,22)/t13-/m1/s1. The van der Waals surface area contributed by atoms with E-state index in [1.54, 1.807) is 11.8 Å². The third-order valence-corrected chi connectivity index (χ3v) is 4.83. The van der Waals surface area contributed by atoms with Gasteiger partial charge in [-0.15, -0.1) is 11.8 Å². The molecule has 0 bridgehead atoms. The van der Waals surface area contributed by atoms with E-state index in [1.807, 2.05) is 30.5 Å². The average molecular weight is 335 g/mol. The summed E-state index contributed by atoms with van der Waals surface area (Å²) in [7, 11) is 2.10. The summed E-state index contributed by atoms with van der Waals surface area (Å²) in [4.78, 5) is 27.1. The quantitative estimate of drug-likeness (QED) is 0.750. The Morgan fingerprint density at radius 1 is 1.26 bits per heavy atom. The van der Waals surface area contributed by atoms with Crippen molar-refractivity contribution >= 4 is 29.3 Å². The Morgan fingerprint density at radius 2 is 2.00 bits per heavy atom. The van der Waals surface area contributed by atoms with E-state index in [0.717, 1.165) is 30.1 Å². The molecule has 0 aromatic heterocycles. The van der Waals surface area contributed by atoms with Crippen LogP contribution >= 0.6 is 11.8 Å². The molecule has 1 saturated heterocycles. The molecule has 1 aliphatic heterocycles. The SMILES string of the molecule is CSc1ccccc1NC(=O)CCC(=O)NC[C@H]1CCN(C)C1. The molecule has 6 heteroatoms. The maximum atomic E-state index is 12.0. The number of hydrogen-bond donors (Lipinski definition) is 2. The second-order valence-electron chi connectivity index (χ2n) is 5.97. The van der Waals surface area contributed by atoms with Crippen LogP contribution in [0.3, 0.4) is 0 Å². The Bertz CT molecular complexity index is 550. The predicted octanol–water partition coefficient (Wildman–Crippen LogP) is 2.20. The second-order valence-corrected chi connectivity index (χ2v) is 6.82. The van der Waals surface area contributed by atoms with Crippen LogP contribution in [0, 0.1) is 5.92 Å². The van der Waals surface area contributed by atoms with Crippen LogP contribution in [0.5, 0.6) is 0 Å². The largest absolute Gasteiger partial charge is 0.356 e. The first kappa shape index (κ1) is 17.8. The zero-order valence-electron chi connectivity index (χ0n) is 13.8. The van der Waals surface area contributed by atoms with Gasteiger partial charge in [0.2, 0.25) is 11.8 Å². The minimum atomic E-state index is -0.123. The molecule has 1 aromatic rings. The summed E-state index contributed by atoms with van der Waals surface area (Å²) in [5.74, 6) is 0.362. The summed E-state index contributed by atoms with van der Waals surface area (Å²) in [5.41, 5.74) is 0.805. The Balaban J connectivity index is 1.68. The lowest BCUT2D eigenvalue weighted by molar-refractivity contribution is -0.124. The normalized spacial score (nSPS) is 17.9. The highest BCUT2D eigenvalue weighted by Gasteiger charge is 2.19. The van der Waals surface area contributed by atoms with Gasteiger partial charge in [0.25, 0.3) is 0 Å². The summed E-state index contributed by atoms with van der Waals surface area (Å²) in [6.07, 6.45) is 3.54. The van der Waals surface area contributed by atoms with Crippen molar-refractivity contribution in [3.63, 3.8) is 0 Å².